The van der Waals surface area contributed by atoms with E-state index in [4.69, 9.17) is 0 Å². The number of rotatable bonds is 3. The lowest BCUT2D eigenvalue weighted by molar-refractivity contribution is -0.125. The van der Waals surface area contributed by atoms with Crippen molar-refractivity contribution in [2.45, 2.75) is 25.9 Å². The fraction of sp³-hybridized carbons (Fsp3) is 0.455. The second-order valence-corrected chi connectivity index (χ2v) is 4.30. The number of nitrogens with one attached hydrogen (secondary N) is 1. The summed E-state index contributed by atoms with van der Waals surface area (Å²) in [6, 6.07) is 1.96. The van der Waals surface area contributed by atoms with Crippen LogP contribution in [0.15, 0.2) is 23.2 Å². The Hall–Kier alpha value is -2.18. The van der Waals surface area contributed by atoms with Crippen LogP contribution >= 0.6 is 0 Å². The van der Waals surface area contributed by atoms with Crippen LogP contribution in [0.4, 0.5) is 0 Å². The minimum atomic E-state index is 0.00102. The van der Waals surface area contributed by atoms with Crippen LogP contribution in [0.2, 0.25) is 0 Å². The number of carbonyl (C=O) groups excluding carboxylic acids is 1. The minimum absolute atomic E-state index is 0.00102. The summed E-state index contributed by atoms with van der Waals surface area (Å²) >= 11 is 0. The number of fused-ring (bicyclic) bond motifs is 1. The third-order valence-electron chi connectivity index (χ3n) is 3.15. The molecule has 2 aromatic rings. The summed E-state index contributed by atoms with van der Waals surface area (Å²) in [7, 11) is 0. The Balaban J connectivity index is 1.57. The zero-order valence-electron chi connectivity index (χ0n) is 9.74. The average Bonchev–Trinajstić information content (AvgIpc) is 3.05. The number of hydrogen-bond donors (Lipinski definition) is 1. The molecular weight excluding hydrogens is 234 g/mol. The van der Waals surface area contributed by atoms with Gasteiger partial charge in [-0.2, -0.15) is 10.1 Å². The molecule has 0 saturated carbocycles. The van der Waals surface area contributed by atoms with Crippen LogP contribution in [0.25, 0.3) is 0 Å². The molecule has 0 fully saturated rings. The van der Waals surface area contributed by atoms with E-state index in [1.54, 1.807) is 6.20 Å². The van der Waals surface area contributed by atoms with E-state index in [9.17, 15) is 4.79 Å². The summed E-state index contributed by atoms with van der Waals surface area (Å²) in [5, 5.41) is 10.7. The summed E-state index contributed by atoms with van der Waals surface area (Å²) in [5.41, 5.74) is 1.11. The predicted molar refractivity (Wildman–Crippen MR) is 60.2 cm³/mol. The van der Waals surface area contributed by atoms with Gasteiger partial charge in [0.15, 0.2) is 5.82 Å². The van der Waals surface area contributed by atoms with Crippen LogP contribution in [0.3, 0.4) is 0 Å². The number of aryl methyl sites for hydroxylation is 1. The Morgan fingerprint density at radius 1 is 1.61 bits per heavy atom. The van der Waals surface area contributed by atoms with Gasteiger partial charge in [0.05, 0.1) is 6.54 Å². The molecule has 18 heavy (non-hydrogen) atoms. The monoisotopic (exact) mass is 247 g/mol. The maximum Gasteiger partial charge on any atom is 0.223 e. The molecule has 94 valence electrons. The highest BCUT2D eigenvalue weighted by Gasteiger charge is 2.24. The van der Waals surface area contributed by atoms with Gasteiger partial charge in [0.25, 0.3) is 0 Å². The zero-order valence-corrected chi connectivity index (χ0v) is 9.74. The third kappa shape index (κ3) is 2.11. The van der Waals surface area contributed by atoms with Gasteiger partial charge in [0.2, 0.25) is 12.3 Å². The molecule has 7 nitrogen and oxygen atoms in total. The first kappa shape index (κ1) is 10.9. The van der Waals surface area contributed by atoms with Gasteiger partial charge >= 0.3 is 0 Å². The van der Waals surface area contributed by atoms with E-state index in [1.807, 2.05) is 10.7 Å². The van der Waals surface area contributed by atoms with Crippen molar-refractivity contribution in [3.8, 4) is 0 Å². The Morgan fingerprint density at radius 2 is 2.56 bits per heavy atom. The summed E-state index contributed by atoms with van der Waals surface area (Å²) in [4.78, 5) is 15.9. The minimum Gasteiger partial charge on any atom is -0.348 e. The summed E-state index contributed by atoms with van der Waals surface area (Å²) in [6.45, 7) is 1.10. The van der Waals surface area contributed by atoms with Crippen molar-refractivity contribution in [3.63, 3.8) is 0 Å². The smallest absolute Gasteiger partial charge is 0.223 e. The largest absolute Gasteiger partial charge is 0.348 e. The van der Waals surface area contributed by atoms with Crippen LogP contribution in [0, 0.1) is 5.92 Å². The Kier molecular flexibility index (Phi) is 2.79. The first-order valence-corrected chi connectivity index (χ1v) is 5.86. The second-order valence-electron chi connectivity index (χ2n) is 4.30. The molecule has 1 unspecified atom stereocenters. The number of aromatic nitrogens is 4. The van der Waals surface area contributed by atoms with E-state index in [0.29, 0.717) is 12.4 Å². The van der Waals surface area contributed by atoms with Crippen LogP contribution in [-0.2, 0) is 24.3 Å². The first-order chi connectivity index (χ1) is 8.83. The van der Waals surface area contributed by atoms with Gasteiger partial charge in [0, 0.05) is 30.8 Å². The maximum absolute atomic E-state index is 12.0. The second kappa shape index (κ2) is 4.59. The fourth-order valence-corrected chi connectivity index (χ4v) is 2.17. The molecule has 1 aliphatic heterocycles. The predicted octanol–water partition coefficient (Wildman–Crippen LogP) is 0.145. The summed E-state index contributed by atoms with van der Waals surface area (Å²) in [5.74, 6) is 0.526. The summed E-state index contributed by atoms with van der Waals surface area (Å²) in [6.07, 6.45) is 4.57. The van der Waals surface area contributed by atoms with Crippen molar-refractivity contribution >= 4 is 5.91 Å². The van der Waals surface area contributed by atoms with E-state index in [-0.39, 0.29) is 11.8 Å². The van der Waals surface area contributed by atoms with Crippen LogP contribution in [-0.4, -0.2) is 25.8 Å². The first-order valence-electron chi connectivity index (χ1n) is 5.86. The van der Waals surface area contributed by atoms with Crippen molar-refractivity contribution < 1.29 is 9.32 Å². The van der Waals surface area contributed by atoms with Gasteiger partial charge in [-0.25, -0.2) is 0 Å². The molecule has 0 radical (unpaired) electrons. The fourth-order valence-electron chi connectivity index (χ4n) is 2.17. The van der Waals surface area contributed by atoms with Crippen LogP contribution in [0.1, 0.15) is 17.9 Å². The van der Waals surface area contributed by atoms with Crippen LogP contribution in [0.5, 0.6) is 0 Å². The van der Waals surface area contributed by atoms with Crippen molar-refractivity contribution in [3.05, 3.63) is 30.2 Å². The SMILES string of the molecule is O=C(NCc1ncon1)C1CCn2nccc2C1. The molecule has 3 rings (SSSR count). The molecule has 1 atom stereocenters. The normalized spacial score (nSPS) is 18.3. The zero-order chi connectivity index (χ0) is 12.4. The lowest BCUT2D eigenvalue weighted by Crippen LogP contribution is -2.35. The lowest BCUT2D eigenvalue weighted by atomic mass is 9.95. The standard InChI is InChI=1S/C11H13N5O2/c17-11(12-6-10-13-7-18-15-10)8-2-4-16-9(5-8)1-3-14-16/h1,3,7-8H,2,4-6H2,(H,12,17). The Bertz CT molecular complexity index is 533. The highest BCUT2D eigenvalue weighted by atomic mass is 16.5. The van der Waals surface area contributed by atoms with Crippen molar-refractivity contribution in [2.24, 2.45) is 5.92 Å². The van der Waals surface area contributed by atoms with Gasteiger partial charge in [-0.3, -0.25) is 9.48 Å². The van der Waals surface area contributed by atoms with E-state index in [2.05, 4.69) is 25.1 Å². The van der Waals surface area contributed by atoms with E-state index >= 15 is 0 Å². The number of carbonyl (C=O) groups is 1. The topological polar surface area (TPSA) is 85.8 Å². The average molecular weight is 247 g/mol. The van der Waals surface area contributed by atoms with E-state index in [1.165, 1.54) is 6.39 Å². The van der Waals surface area contributed by atoms with Crippen LogP contribution < -0.4 is 5.32 Å². The highest BCUT2D eigenvalue weighted by Crippen LogP contribution is 2.19. The molecule has 1 N–H and O–H groups in total. The molecule has 0 saturated heterocycles. The number of hydrogen-bond acceptors (Lipinski definition) is 5. The van der Waals surface area contributed by atoms with Crippen molar-refractivity contribution in [1.29, 1.82) is 0 Å². The van der Waals surface area contributed by atoms with Gasteiger partial charge in [0.1, 0.15) is 0 Å². The molecule has 0 aliphatic carbocycles. The molecule has 7 heteroatoms. The maximum atomic E-state index is 12.0. The number of nitrogens with zero attached hydrogens (tertiary/aromatic N) is 4. The van der Waals surface area contributed by atoms with Gasteiger partial charge in [-0.15, -0.1) is 0 Å². The molecule has 0 spiro atoms. The third-order valence-corrected chi connectivity index (χ3v) is 3.15. The van der Waals surface area contributed by atoms with E-state index < -0.39 is 0 Å². The lowest BCUT2D eigenvalue weighted by Gasteiger charge is -2.22. The molecule has 0 aromatic carbocycles. The number of amides is 1. The molecule has 2 aromatic heterocycles. The van der Waals surface area contributed by atoms with Gasteiger partial charge < -0.3 is 9.84 Å². The molecule has 0 bridgehead atoms. The Morgan fingerprint density at radius 3 is 3.39 bits per heavy atom. The molecule has 3 heterocycles. The van der Waals surface area contributed by atoms with Gasteiger partial charge in [-0.1, -0.05) is 5.16 Å². The molecule has 1 amide bonds. The van der Waals surface area contributed by atoms with Crippen molar-refractivity contribution in [2.75, 3.05) is 0 Å². The molecular formula is C11H13N5O2. The molecule has 1 aliphatic rings. The van der Waals surface area contributed by atoms with Crippen molar-refractivity contribution in [1.82, 2.24) is 25.2 Å². The quantitative estimate of drug-likeness (QED) is 0.834. The highest BCUT2D eigenvalue weighted by molar-refractivity contribution is 5.78. The summed E-state index contributed by atoms with van der Waals surface area (Å²) < 4.78 is 6.55. The van der Waals surface area contributed by atoms with E-state index in [0.717, 1.165) is 25.1 Å². The van der Waals surface area contributed by atoms with Gasteiger partial charge in [-0.05, 0) is 12.5 Å². The Labute approximate surface area is 103 Å².